The minimum atomic E-state index is -3.62. The second-order valence-electron chi connectivity index (χ2n) is 4.79. The first-order valence-electron chi connectivity index (χ1n) is 6.40. The van der Waals surface area contributed by atoms with Crippen LogP contribution in [0.5, 0.6) is 0 Å². The number of hydrogen-bond acceptors (Lipinski definition) is 4. The van der Waals surface area contributed by atoms with Crippen LogP contribution in [-0.4, -0.2) is 8.42 Å². The Balaban J connectivity index is 2.38. The number of nitrogens with two attached hydrogens (primary N) is 1. The van der Waals surface area contributed by atoms with Gasteiger partial charge >= 0.3 is 0 Å². The highest BCUT2D eigenvalue weighted by Crippen LogP contribution is 2.29. The van der Waals surface area contributed by atoms with Crippen LogP contribution in [0.2, 0.25) is 0 Å². The van der Waals surface area contributed by atoms with Crippen LogP contribution in [-0.2, 0) is 16.6 Å². The van der Waals surface area contributed by atoms with E-state index in [0.717, 1.165) is 16.0 Å². The molecule has 3 N–H and O–H groups in total. The molecule has 0 aliphatic heterocycles. The number of sulfonamides is 1. The molecule has 0 saturated heterocycles. The van der Waals surface area contributed by atoms with Crippen molar-refractivity contribution in [2.45, 2.75) is 31.3 Å². The average Bonchev–Trinajstić information content (AvgIpc) is 2.95. The van der Waals surface area contributed by atoms with Crippen LogP contribution in [0.3, 0.4) is 0 Å². The van der Waals surface area contributed by atoms with E-state index >= 15 is 0 Å². The zero-order valence-corrected chi connectivity index (χ0v) is 15.0. The van der Waals surface area contributed by atoms with E-state index in [9.17, 15) is 8.42 Å². The summed E-state index contributed by atoms with van der Waals surface area (Å²) in [6.45, 7) is 3.99. The molecule has 4 nitrogen and oxygen atoms in total. The van der Waals surface area contributed by atoms with Crippen LogP contribution >= 0.6 is 27.3 Å². The highest BCUT2D eigenvalue weighted by Gasteiger charge is 2.22. The molecular formula is C14H17BrN2O2S2. The van der Waals surface area contributed by atoms with Gasteiger partial charge in [0.2, 0.25) is 10.0 Å². The molecule has 0 fully saturated rings. The van der Waals surface area contributed by atoms with Gasteiger partial charge in [0.15, 0.2) is 0 Å². The van der Waals surface area contributed by atoms with Gasteiger partial charge < -0.3 is 5.73 Å². The van der Waals surface area contributed by atoms with Gasteiger partial charge in [-0.05, 0) is 58.4 Å². The Morgan fingerprint density at radius 2 is 2.14 bits per heavy atom. The monoisotopic (exact) mass is 388 g/mol. The van der Waals surface area contributed by atoms with E-state index in [0.29, 0.717) is 11.0 Å². The van der Waals surface area contributed by atoms with Crippen molar-refractivity contribution < 1.29 is 8.42 Å². The van der Waals surface area contributed by atoms with Gasteiger partial charge in [0, 0.05) is 15.9 Å². The summed E-state index contributed by atoms with van der Waals surface area (Å²) >= 11 is 4.88. The van der Waals surface area contributed by atoms with Gasteiger partial charge in [0.25, 0.3) is 0 Å². The maximum Gasteiger partial charge on any atom is 0.242 e. The summed E-state index contributed by atoms with van der Waals surface area (Å²) in [5.74, 6) is 0. The van der Waals surface area contributed by atoms with Gasteiger partial charge in [-0.15, -0.1) is 11.3 Å². The summed E-state index contributed by atoms with van der Waals surface area (Å²) in [4.78, 5) is 1.20. The third-order valence-corrected chi connectivity index (χ3v) is 7.04. The highest BCUT2D eigenvalue weighted by molar-refractivity contribution is 9.10. The van der Waals surface area contributed by atoms with Gasteiger partial charge in [-0.2, -0.15) is 0 Å². The van der Waals surface area contributed by atoms with Crippen molar-refractivity contribution in [2.75, 3.05) is 0 Å². The predicted molar refractivity (Wildman–Crippen MR) is 89.8 cm³/mol. The SMILES string of the molecule is Cc1cc(CN)cc(S(=O)(=O)NC(C)c2cccs2)c1Br. The fourth-order valence-corrected chi connectivity index (χ4v) is 5.11. The number of aryl methyl sites for hydroxylation is 1. The summed E-state index contributed by atoms with van der Waals surface area (Å²) in [6, 6.07) is 7.03. The molecule has 1 unspecified atom stereocenters. The first-order valence-corrected chi connectivity index (χ1v) is 9.55. The van der Waals surface area contributed by atoms with Crippen LogP contribution in [0.15, 0.2) is 39.0 Å². The van der Waals surface area contributed by atoms with E-state index in [4.69, 9.17) is 5.73 Å². The van der Waals surface area contributed by atoms with Crippen LogP contribution in [0.25, 0.3) is 0 Å². The van der Waals surface area contributed by atoms with Gasteiger partial charge in [0.05, 0.1) is 10.9 Å². The summed E-state index contributed by atoms with van der Waals surface area (Å²) in [6.07, 6.45) is 0. The number of benzene rings is 1. The lowest BCUT2D eigenvalue weighted by Crippen LogP contribution is -2.27. The first-order chi connectivity index (χ1) is 9.85. The summed E-state index contributed by atoms with van der Waals surface area (Å²) in [5, 5.41) is 1.93. The molecule has 7 heteroatoms. The van der Waals surface area contributed by atoms with Crippen molar-refractivity contribution in [1.29, 1.82) is 0 Å². The Labute approximate surface area is 137 Å². The van der Waals surface area contributed by atoms with Gasteiger partial charge in [-0.3, -0.25) is 0 Å². The van der Waals surface area contributed by atoms with Crippen LogP contribution < -0.4 is 10.5 Å². The van der Waals surface area contributed by atoms with E-state index in [1.54, 1.807) is 6.07 Å². The average molecular weight is 389 g/mol. The molecule has 0 aliphatic rings. The molecule has 0 bridgehead atoms. The Morgan fingerprint density at radius 1 is 1.43 bits per heavy atom. The number of halogens is 1. The third-order valence-electron chi connectivity index (χ3n) is 3.11. The largest absolute Gasteiger partial charge is 0.326 e. The van der Waals surface area contributed by atoms with Crippen molar-refractivity contribution in [3.05, 3.63) is 50.1 Å². The predicted octanol–water partition coefficient (Wildman–Crippen LogP) is 3.32. The zero-order valence-electron chi connectivity index (χ0n) is 11.8. The smallest absolute Gasteiger partial charge is 0.242 e. The second kappa shape index (κ2) is 6.58. The summed E-state index contributed by atoms with van der Waals surface area (Å²) < 4.78 is 28.5. The van der Waals surface area contributed by atoms with Gasteiger partial charge in [0.1, 0.15) is 0 Å². The molecule has 0 amide bonds. The molecule has 2 aromatic rings. The highest BCUT2D eigenvalue weighted by atomic mass is 79.9. The standard InChI is InChI=1S/C14H17BrN2O2S2/c1-9-6-11(8-16)7-13(14(9)15)21(18,19)17-10(2)12-4-3-5-20-12/h3-7,10,17H,8,16H2,1-2H3. The quantitative estimate of drug-likeness (QED) is 0.824. The fraction of sp³-hybridized carbons (Fsp3) is 0.286. The molecule has 0 spiro atoms. The molecular weight excluding hydrogens is 372 g/mol. The van der Waals surface area contributed by atoms with Crippen LogP contribution in [0, 0.1) is 6.92 Å². The van der Waals surface area contributed by atoms with E-state index in [2.05, 4.69) is 20.7 Å². The molecule has 1 aromatic heterocycles. The minimum Gasteiger partial charge on any atom is -0.326 e. The lowest BCUT2D eigenvalue weighted by Gasteiger charge is -2.15. The maximum absolute atomic E-state index is 12.6. The molecule has 21 heavy (non-hydrogen) atoms. The topological polar surface area (TPSA) is 72.2 Å². The molecule has 0 saturated carbocycles. The molecule has 1 atom stereocenters. The van der Waals surface area contributed by atoms with E-state index in [1.807, 2.05) is 37.4 Å². The number of rotatable bonds is 5. The van der Waals surface area contributed by atoms with Gasteiger partial charge in [-0.25, -0.2) is 13.1 Å². The minimum absolute atomic E-state index is 0.228. The molecule has 1 aromatic carbocycles. The van der Waals surface area contributed by atoms with Crippen LogP contribution in [0.4, 0.5) is 0 Å². The Bertz CT molecular complexity index is 728. The fourth-order valence-electron chi connectivity index (χ4n) is 2.01. The van der Waals surface area contributed by atoms with Crippen molar-refractivity contribution >= 4 is 37.3 Å². The number of hydrogen-bond donors (Lipinski definition) is 2. The van der Waals surface area contributed by atoms with Crippen molar-refractivity contribution in [2.24, 2.45) is 5.73 Å². The van der Waals surface area contributed by atoms with Crippen molar-refractivity contribution in [1.82, 2.24) is 4.72 Å². The molecule has 0 radical (unpaired) electrons. The van der Waals surface area contributed by atoms with Crippen LogP contribution in [0.1, 0.15) is 29.0 Å². The maximum atomic E-state index is 12.6. The third kappa shape index (κ3) is 3.73. The van der Waals surface area contributed by atoms with E-state index < -0.39 is 10.0 Å². The van der Waals surface area contributed by atoms with E-state index in [-0.39, 0.29) is 10.9 Å². The molecule has 114 valence electrons. The Morgan fingerprint density at radius 3 is 2.71 bits per heavy atom. The number of thiophene rings is 1. The van der Waals surface area contributed by atoms with Crippen molar-refractivity contribution in [3.8, 4) is 0 Å². The summed E-state index contributed by atoms with van der Waals surface area (Å²) in [5.41, 5.74) is 7.27. The van der Waals surface area contributed by atoms with E-state index in [1.165, 1.54) is 11.3 Å². The molecule has 1 heterocycles. The second-order valence-corrected chi connectivity index (χ2v) is 8.24. The normalized spacial score (nSPS) is 13.3. The van der Waals surface area contributed by atoms with Gasteiger partial charge in [-0.1, -0.05) is 12.1 Å². The number of nitrogens with one attached hydrogen (secondary N) is 1. The molecule has 2 rings (SSSR count). The Hall–Kier alpha value is -0.730. The lowest BCUT2D eigenvalue weighted by atomic mass is 10.1. The lowest BCUT2D eigenvalue weighted by molar-refractivity contribution is 0.567. The Kier molecular flexibility index (Phi) is 5.21. The summed E-state index contributed by atoms with van der Waals surface area (Å²) in [7, 11) is -3.62. The first kappa shape index (κ1) is 16.6. The van der Waals surface area contributed by atoms with Crippen molar-refractivity contribution in [3.63, 3.8) is 0 Å². The molecule has 0 aliphatic carbocycles. The zero-order chi connectivity index (χ0) is 15.6.